The van der Waals surface area contributed by atoms with Gasteiger partial charge in [0, 0.05) is 6.54 Å². The van der Waals surface area contributed by atoms with Gasteiger partial charge in [-0.1, -0.05) is 32.9 Å². The molecule has 118 valence electrons. The first kappa shape index (κ1) is 16.1. The molecule has 1 heterocycles. The van der Waals surface area contributed by atoms with Crippen LogP contribution in [0.1, 0.15) is 31.9 Å². The zero-order chi connectivity index (χ0) is 16.0. The smallest absolute Gasteiger partial charge is 0.257 e. The number of ether oxygens (including phenoxy) is 1. The maximum Gasteiger partial charge on any atom is 0.257 e. The molecule has 1 aromatic heterocycles. The Morgan fingerprint density at radius 2 is 1.91 bits per heavy atom. The fourth-order valence-electron chi connectivity index (χ4n) is 2.03. The second kappa shape index (κ2) is 7.16. The van der Waals surface area contributed by atoms with Gasteiger partial charge in [0.2, 0.25) is 0 Å². The summed E-state index contributed by atoms with van der Waals surface area (Å²) >= 11 is 0. The van der Waals surface area contributed by atoms with Crippen LogP contribution in [0.3, 0.4) is 0 Å². The van der Waals surface area contributed by atoms with E-state index in [1.54, 1.807) is 12.5 Å². The second-order valence-electron chi connectivity index (χ2n) is 6.29. The van der Waals surface area contributed by atoms with Crippen molar-refractivity contribution in [3.8, 4) is 5.75 Å². The molecule has 0 aliphatic rings. The standard InChI is InChI=1S/C18H23NO3/c1-18(2,3)15-4-6-16(7-5-15)22-13-17(20)19-10-8-14-9-11-21-12-14/h4-7,9,11-12H,8,10,13H2,1-3H3,(H,19,20). The molecule has 1 N–H and O–H groups in total. The van der Waals surface area contributed by atoms with E-state index in [1.807, 2.05) is 30.3 Å². The number of rotatable bonds is 6. The minimum atomic E-state index is -0.122. The topological polar surface area (TPSA) is 51.5 Å². The number of furan rings is 1. The lowest BCUT2D eigenvalue weighted by Gasteiger charge is -2.19. The maximum atomic E-state index is 11.7. The van der Waals surface area contributed by atoms with Crippen molar-refractivity contribution in [2.24, 2.45) is 0 Å². The summed E-state index contributed by atoms with van der Waals surface area (Å²) in [6.07, 6.45) is 4.06. The van der Waals surface area contributed by atoms with Crippen LogP contribution in [0.25, 0.3) is 0 Å². The molecular weight excluding hydrogens is 278 g/mol. The van der Waals surface area contributed by atoms with Gasteiger partial charge < -0.3 is 14.5 Å². The van der Waals surface area contributed by atoms with Gasteiger partial charge >= 0.3 is 0 Å². The van der Waals surface area contributed by atoms with Gasteiger partial charge in [0.05, 0.1) is 12.5 Å². The van der Waals surface area contributed by atoms with Crippen LogP contribution < -0.4 is 10.1 Å². The molecule has 4 nitrogen and oxygen atoms in total. The molecule has 0 unspecified atom stereocenters. The summed E-state index contributed by atoms with van der Waals surface area (Å²) < 4.78 is 10.5. The van der Waals surface area contributed by atoms with Crippen LogP contribution in [-0.4, -0.2) is 19.1 Å². The number of carbonyl (C=O) groups is 1. The van der Waals surface area contributed by atoms with Crippen molar-refractivity contribution >= 4 is 5.91 Å². The molecule has 0 aliphatic carbocycles. The molecular formula is C18H23NO3. The summed E-state index contributed by atoms with van der Waals surface area (Å²) in [6.45, 7) is 7.09. The van der Waals surface area contributed by atoms with Crippen molar-refractivity contribution in [2.75, 3.05) is 13.2 Å². The fourth-order valence-corrected chi connectivity index (χ4v) is 2.03. The summed E-state index contributed by atoms with van der Waals surface area (Å²) in [5, 5.41) is 2.82. The largest absolute Gasteiger partial charge is 0.484 e. The van der Waals surface area contributed by atoms with E-state index in [1.165, 1.54) is 5.56 Å². The van der Waals surface area contributed by atoms with Gasteiger partial charge in [0.25, 0.3) is 5.91 Å². The Kier molecular flexibility index (Phi) is 5.26. The highest BCUT2D eigenvalue weighted by molar-refractivity contribution is 5.77. The number of amides is 1. The first-order chi connectivity index (χ1) is 10.4. The van der Waals surface area contributed by atoms with E-state index in [0.717, 1.165) is 12.0 Å². The summed E-state index contributed by atoms with van der Waals surface area (Å²) in [6, 6.07) is 9.76. The Labute approximate surface area is 131 Å². The number of carbonyl (C=O) groups excluding carboxylic acids is 1. The molecule has 4 heteroatoms. The number of benzene rings is 1. The third kappa shape index (κ3) is 4.95. The van der Waals surface area contributed by atoms with E-state index < -0.39 is 0 Å². The van der Waals surface area contributed by atoms with Crippen LogP contribution in [-0.2, 0) is 16.6 Å². The van der Waals surface area contributed by atoms with Gasteiger partial charge in [-0.2, -0.15) is 0 Å². The van der Waals surface area contributed by atoms with Crippen molar-refractivity contribution in [3.63, 3.8) is 0 Å². The van der Waals surface area contributed by atoms with Crippen LogP contribution in [0.15, 0.2) is 47.3 Å². The van der Waals surface area contributed by atoms with Crippen molar-refractivity contribution in [2.45, 2.75) is 32.6 Å². The highest BCUT2D eigenvalue weighted by Gasteiger charge is 2.13. The molecule has 0 fully saturated rings. The van der Waals surface area contributed by atoms with Crippen molar-refractivity contribution in [1.82, 2.24) is 5.32 Å². The molecule has 0 bridgehead atoms. The summed E-state index contributed by atoms with van der Waals surface area (Å²) in [5.41, 5.74) is 2.42. The van der Waals surface area contributed by atoms with Crippen LogP contribution >= 0.6 is 0 Å². The monoisotopic (exact) mass is 301 g/mol. The SMILES string of the molecule is CC(C)(C)c1ccc(OCC(=O)NCCc2ccoc2)cc1. The molecule has 0 aliphatic heterocycles. The Balaban J connectivity index is 1.71. The van der Waals surface area contributed by atoms with E-state index in [-0.39, 0.29) is 17.9 Å². The molecule has 2 rings (SSSR count). The molecule has 1 aromatic carbocycles. The summed E-state index contributed by atoms with van der Waals surface area (Å²) in [5.74, 6) is 0.585. The third-order valence-electron chi connectivity index (χ3n) is 3.41. The molecule has 1 amide bonds. The van der Waals surface area contributed by atoms with Gasteiger partial charge in [0.1, 0.15) is 5.75 Å². The molecule has 0 saturated carbocycles. The molecule has 0 atom stereocenters. The van der Waals surface area contributed by atoms with E-state index in [4.69, 9.17) is 9.15 Å². The van der Waals surface area contributed by atoms with Crippen LogP contribution in [0.2, 0.25) is 0 Å². The zero-order valence-corrected chi connectivity index (χ0v) is 13.4. The Hall–Kier alpha value is -2.23. The Bertz CT molecular complexity index is 580. The van der Waals surface area contributed by atoms with Gasteiger partial charge in [-0.25, -0.2) is 0 Å². The van der Waals surface area contributed by atoms with Crippen LogP contribution in [0, 0.1) is 0 Å². The van der Waals surface area contributed by atoms with Gasteiger partial charge in [-0.15, -0.1) is 0 Å². The predicted octanol–water partition coefficient (Wildman–Crippen LogP) is 3.31. The lowest BCUT2D eigenvalue weighted by atomic mass is 9.87. The number of hydrogen-bond acceptors (Lipinski definition) is 3. The highest BCUT2D eigenvalue weighted by atomic mass is 16.5. The molecule has 0 spiro atoms. The molecule has 2 aromatic rings. The predicted molar refractivity (Wildman–Crippen MR) is 86.1 cm³/mol. The summed E-state index contributed by atoms with van der Waals surface area (Å²) in [4.78, 5) is 11.7. The van der Waals surface area contributed by atoms with Gasteiger partial charge in [-0.05, 0) is 41.2 Å². The number of hydrogen-bond donors (Lipinski definition) is 1. The lowest BCUT2D eigenvalue weighted by Crippen LogP contribution is -2.30. The molecule has 0 radical (unpaired) electrons. The van der Waals surface area contributed by atoms with Gasteiger partial charge in [-0.3, -0.25) is 4.79 Å². The average Bonchev–Trinajstić information content (AvgIpc) is 2.98. The average molecular weight is 301 g/mol. The minimum absolute atomic E-state index is 0.0280. The Morgan fingerprint density at radius 1 is 1.18 bits per heavy atom. The van der Waals surface area contributed by atoms with Gasteiger partial charge in [0.15, 0.2) is 6.61 Å². The molecule has 22 heavy (non-hydrogen) atoms. The Morgan fingerprint density at radius 3 is 2.50 bits per heavy atom. The maximum absolute atomic E-state index is 11.7. The van der Waals surface area contributed by atoms with E-state index >= 15 is 0 Å². The quantitative estimate of drug-likeness (QED) is 0.890. The van der Waals surface area contributed by atoms with Crippen molar-refractivity contribution < 1.29 is 13.9 Å². The third-order valence-corrected chi connectivity index (χ3v) is 3.41. The highest BCUT2D eigenvalue weighted by Crippen LogP contribution is 2.24. The van der Waals surface area contributed by atoms with Crippen LogP contribution in [0.5, 0.6) is 5.75 Å². The van der Waals surface area contributed by atoms with E-state index in [0.29, 0.717) is 12.3 Å². The molecule has 0 saturated heterocycles. The first-order valence-corrected chi connectivity index (χ1v) is 7.46. The number of nitrogens with one attached hydrogen (secondary N) is 1. The van der Waals surface area contributed by atoms with Crippen LogP contribution in [0.4, 0.5) is 0 Å². The zero-order valence-electron chi connectivity index (χ0n) is 13.4. The van der Waals surface area contributed by atoms with E-state index in [9.17, 15) is 4.79 Å². The van der Waals surface area contributed by atoms with E-state index in [2.05, 4.69) is 26.1 Å². The fraction of sp³-hybridized carbons (Fsp3) is 0.389. The normalized spacial score (nSPS) is 11.2. The van der Waals surface area contributed by atoms with Crippen molar-refractivity contribution in [1.29, 1.82) is 0 Å². The minimum Gasteiger partial charge on any atom is -0.484 e. The van der Waals surface area contributed by atoms with Crippen molar-refractivity contribution in [3.05, 3.63) is 54.0 Å². The first-order valence-electron chi connectivity index (χ1n) is 7.46. The lowest BCUT2D eigenvalue weighted by molar-refractivity contribution is -0.123. The summed E-state index contributed by atoms with van der Waals surface area (Å²) in [7, 11) is 0. The second-order valence-corrected chi connectivity index (χ2v) is 6.29.